The normalized spacial score (nSPS) is 12.4. The van der Waals surface area contributed by atoms with Crippen molar-refractivity contribution in [2.75, 3.05) is 22.9 Å². The van der Waals surface area contributed by atoms with Crippen LogP contribution in [0, 0.1) is 12.7 Å². The number of aryl methyl sites for hydroxylation is 1. The SMILES string of the molecule is Cc1ccc(CSCCNC(=O)[C@H](C)N(c2ccc(F)cc2)S(C)(=O)=O)cc1. The number of rotatable bonds is 9. The molecule has 0 bridgehead atoms. The van der Waals surface area contributed by atoms with Gasteiger partial charge in [0.25, 0.3) is 0 Å². The molecule has 1 N–H and O–H groups in total. The molecule has 28 heavy (non-hydrogen) atoms. The van der Waals surface area contributed by atoms with E-state index in [2.05, 4.69) is 29.6 Å². The highest BCUT2D eigenvalue weighted by Crippen LogP contribution is 2.21. The predicted octanol–water partition coefficient (Wildman–Crippen LogP) is 3.34. The second-order valence-electron chi connectivity index (χ2n) is 6.54. The first-order valence-corrected chi connectivity index (χ1v) is 11.8. The molecule has 0 unspecified atom stereocenters. The van der Waals surface area contributed by atoms with Gasteiger partial charge in [0.15, 0.2) is 0 Å². The topological polar surface area (TPSA) is 66.5 Å². The van der Waals surface area contributed by atoms with Crippen molar-refractivity contribution in [3.05, 3.63) is 65.5 Å². The van der Waals surface area contributed by atoms with Gasteiger partial charge in [-0.05, 0) is 43.7 Å². The summed E-state index contributed by atoms with van der Waals surface area (Å²) in [6.45, 7) is 3.99. The van der Waals surface area contributed by atoms with Crippen molar-refractivity contribution in [1.82, 2.24) is 5.32 Å². The summed E-state index contributed by atoms with van der Waals surface area (Å²) in [5, 5.41) is 2.77. The minimum absolute atomic E-state index is 0.250. The number of benzene rings is 2. The van der Waals surface area contributed by atoms with Crippen LogP contribution in [-0.4, -0.2) is 38.9 Å². The van der Waals surface area contributed by atoms with Crippen LogP contribution in [0.2, 0.25) is 0 Å². The second kappa shape index (κ2) is 9.93. The average Bonchev–Trinajstić information content (AvgIpc) is 2.63. The van der Waals surface area contributed by atoms with Crippen LogP contribution in [-0.2, 0) is 20.6 Å². The zero-order valence-electron chi connectivity index (χ0n) is 16.2. The van der Waals surface area contributed by atoms with Gasteiger partial charge in [0.2, 0.25) is 15.9 Å². The summed E-state index contributed by atoms with van der Waals surface area (Å²) < 4.78 is 38.5. The Labute approximate surface area is 170 Å². The molecule has 2 aromatic carbocycles. The molecule has 0 saturated carbocycles. The van der Waals surface area contributed by atoms with Gasteiger partial charge in [-0.3, -0.25) is 9.10 Å². The van der Waals surface area contributed by atoms with Gasteiger partial charge in [-0.15, -0.1) is 0 Å². The molecular formula is C20H25FN2O3S2. The maximum atomic E-state index is 13.1. The summed E-state index contributed by atoms with van der Waals surface area (Å²) in [6, 6.07) is 12.4. The number of sulfonamides is 1. The average molecular weight is 425 g/mol. The van der Waals surface area contributed by atoms with E-state index in [4.69, 9.17) is 0 Å². The molecule has 0 saturated heterocycles. The second-order valence-corrected chi connectivity index (χ2v) is 9.51. The molecule has 1 amide bonds. The molecule has 0 heterocycles. The van der Waals surface area contributed by atoms with Gasteiger partial charge in [0.1, 0.15) is 11.9 Å². The van der Waals surface area contributed by atoms with E-state index in [9.17, 15) is 17.6 Å². The van der Waals surface area contributed by atoms with Crippen molar-refractivity contribution in [2.45, 2.75) is 25.6 Å². The standard InChI is InChI=1S/C20H25FN2O3S2/c1-15-4-6-17(7-5-15)14-27-13-12-22-20(24)16(2)23(28(3,25)26)19-10-8-18(21)9-11-19/h4-11,16H,12-14H2,1-3H3,(H,22,24)/t16-/m0/s1. The maximum absolute atomic E-state index is 13.1. The summed E-state index contributed by atoms with van der Waals surface area (Å²) in [7, 11) is -3.71. The van der Waals surface area contributed by atoms with Crippen molar-refractivity contribution in [2.24, 2.45) is 0 Å². The van der Waals surface area contributed by atoms with Crippen LogP contribution < -0.4 is 9.62 Å². The molecule has 8 heteroatoms. The van der Waals surface area contributed by atoms with Crippen molar-refractivity contribution in [3.63, 3.8) is 0 Å². The number of nitrogens with zero attached hydrogens (tertiary/aromatic N) is 1. The van der Waals surface area contributed by atoms with E-state index in [1.165, 1.54) is 42.3 Å². The number of carbonyl (C=O) groups is 1. The fourth-order valence-corrected chi connectivity index (χ4v) is 4.66. The largest absolute Gasteiger partial charge is 0.353 e. The third-order valence-electron chi connectivity index (χ3n) is 4.10. The van der Waals surface area contributed by atoms with Crippen LogP contribution in [0.1, 0.15) is 18.1 Å². The molecule has 2 rings (SSSR count). The van der Waals surface area contributed by atoms with Crippen molar-refractivity contribution in [3.8, 4) is 0 Å². The molecule has 0 aliphatic rings. The number of amides is 1. The van der Waals surface area contributed by atoms with Crippen molar-refractivity contribution < 1.29 is 17.6 Å². The van der Waals surface area contributed by atoms with Crippen LogP contribution in [0.15, 0.2) is 48.5 Å². The first-order valence-electron chi connectivity index (χ1n) is 8.84. The molecule has 0 aliphatic heterocycles. The summed E-state index contributed by atoms with van der Waals surface area (Å²) in [5.41, 5.74) is 2.68. The van der Waals surface area contributed by atoms with Crippen LogP contribution in [0.3, 0.4) is 0 Å². The fourth-order valence-electron chi connectivity index (χ4n) is 2.67. The van der Waals surface area contributed by atoms with Gasteiger partial charge >= 0.3 is 0 Å². The number of thioether (sulfide) groups is 1. The van der Waals surface area contributed by atoms with Gasteiger partial charge in [0, 0.05) is 18.1 Å². The highest BCUT2D eigenvalue weighted by atomic mass is 32.2. The summed E-state index contributed by atoms with van der Waals surface area (Å²) in [4.78, 5) is 12.4. The Morgan fingerprint density at radius 2 is 1.75 bits per heavy atom. The van der Waals surface area contributed by atoms with E-state index in [0.29, 0.717) is 12.3 Å². The van der Waals surface area contributed by atoms with E-state index in [-0.39, 0.29) is 5.69 Å². The molecule has 0 aromatic heterocycles. The Balaban J connectivity index is 1.88. The number of hydrogen-bond donors (Lipinski definition) is 1. The number of nitrogens with one attached hydrogen (secondary N) is 1. The van der Waals surface area contributed by atoms with Crippen molar-refractivity contribution >= 4 is 33.4 Å². The molecule has 1 atom stereocenters. The first kappa shape index (κ1) is 22.2. The van der Waals surface area contributed by atoms with E-state index >= 15 is 0 Å². The van der Waals surface area contributed by atoms with Gasteiger partial charge in [-0.1, -0.05) is 29.8 Å². The smallest absolute Gasteiger partial charge is 0.243 e. The first-order chi connectivity index (χ1) is 13.2. The summed E-state index contributed by atoms with van der Waals surface area (Å²) in [5.74, 6) is 0.684. The Bertz CT molecular complexity index is 885. The molecule has 152 valence electrons. The Hall–Kier alpha value is -2.06. The molecule has 5 nitrogen and oxygen atoms in total. The highest BCUT2D eigenvalue weighted by Gasteiger charge is 2.28. The van der Waals surface area contributed by atoms with Crippen LogP contribution in [0.5, 0.6) is 0 Å². The lowest BCUT2D eigenvalue weighted by Crippen LogP contribution is -2.48. The zero-order chi connectivity index (χ0) is 20.7. The lowest BCUT2D eigenvalue weighted by molar-refractivity contribution is -0.121. The van der Waals surface area contributed by atoms with Gasteiger partial charge in [-0.2, -0.15) is 11.8 Å². The molecule has 0 radical (unpaired) electrons. The van der Waals surface area contributed by atoms with Gasteiger partial charge in [0.05, 0.1) is 11.9 Å². The van der Waals surface area contributed by atoms with E-state index < -0.39 is 27.8 Å². The lowest BCUT2D eigenvalue weighted by atomic mass is 10.2. The van der Waals surface area contributed by atoms with E-state index in [1.807, 2.05) is 6.92 Å². The monoisotopic (exact) mass is 424 g/mol. The minimum Gasteiger partial charge on any atom is -0.353 e. The van der Waals surface area contributed by atoms with E-state index in [0.717, 1.165) is 16.3 Å². The van der Waals surface area contributed by atoms with Crippen LogP contribution in [0.25, 0.3) is 0 Å². The Kier molecular flexibility index (Phi) is 7.88. The third-order valence-corrected chi connectivity index (χ3v) is 6.38. The number of halogens is 1. The number of anilines is 1. The quantitative estimate of drug-likeness (QED) is 0.627. The third kappa shape index (κ3) is 6.53. The molecular weight excluding hydrogens is 399 g/mol. The highest BCUT2D eigenvalue weighted by molar-refractivity contribution is 7.98. The maximum Gasteiger partial charge on any atom is 0.243 e. The molecule has 0 spiro atoms. The Morgan fingerprint density at radius 3 is 2.32 bits per heavy atom. The van der Waals surface area contributed by atoms with Crippen LogP contribution in [0.4, 0.5) is 10.1 Å². The molecule has 2 aromatic rings. The number of carbonyl (C=O) groups excluding carboxylic acids is 1. The summed E-state index contributed by atoms with van der Waals surface area (Å²) in [6.07, 6.45) is 1.03. The fraction of sp³-hybridized carbons (Fsp3) is 0.350. The van der Waals surface area contributed by atoms with Gasteiger partial charge in [-0.25, -0.2) is 12.8 Å². The van der Waals surface area contributed by atoms with E-state index in [1.54, 1.807) is 11.8 Å². The van der Waals surface area contributed by atoms with Gasteiger partial charge < -0.3 is 5.32 Å². The predicted molar refractivity (Wildman–Crippen MR) is 114 cm³/mol. The van der Waals surface area contributed by atoms with Crippen molar-refractivity contribution in [1.29, 1.82) is 0 Å². The molecule has 0 aliphatic carbocycles. The summed E-state index contributed by atoms with van der Waals surface area (Å²) >= 11 is 1.69. The minimum atomic E-state index is -3.71. The zero-order valence-corrected chi connectivity index (χ0v) is 17.8. The van der Waals surface area contributed by atoms with Crippen LogP contribution >= 0.6 is 11.8 Å². The number of hydrogen-bond acceptors (Lipinski definition) is 4. The molecule has 0 fully saturated rings. The Morgan fingerprint density at radius 1 is 1.14 bits per heavy atom. The lowest BCUT2D eigenvalue weighted by Gasteiger charge is -2.28.